The molecule has 0 aromatic carbocycles. The van der Waals surface area contributed by atoms with Crippen LogP contribution in [0.5, 0.6) is 0 Å². The smallest absolute Gasteiger partial charge is 0.101 e. The summed E-state index contributed by atoms with van der Waals surface area (Å²) in [6, 6.07) is 0. The lowest BCUT2D eigenvalue weighted by atomic mass is 9.63. The fourth-order valence-electron chi connectivity index (χ4n) is 2.43. The van der Waals surface area contributed by atoms with Gasteiger partial charge in [-0.05, 0) is 10.8 Å². The van der Waals surface area contributed by atoms with Gasteiger partial charge in [-0.2, -0.15) is 0 Å². The van der Waals surface area contributed by atoms with Gasteiger partial charge in [0.25, 0.3) is 0 Å². The second-order valence-corrected chi connectivity index (χ2v) is 5.96. The van der Waals surface area contributed by atoms with E-state index in [9.17, 15) is 0 Å². The van der Waals surface area contributed by atoms with Crippen LogP contribution in [0.4, 0.5) is 0 Å². The van der Waals surface area contributed by atoms with Gasteiger partial charge < -0.3 is 9.47 Å². The standard InChI is InChI=1S/C12H26O2/c1-10(2,3)12(14-8,9-13-7)11(4,5)6/h9H2,1-8H3. The maximum atomic E-state index is 5.78. The number of hydrogen-bond acceptors (Lipinski definition) is 2. The molecule has 0 saturated carbocycles. The van der Waals surface area contributed by atoms with E-state index < -0.39 is 0 Å². The molecule has 0 bridgehead atoms. The van der Waals surface area contributed by atoms with Gasteiger partial charge in [-0.3, -0.25) is 0 Å². The predicted molar refractivity (Wildman–Crippen MR) is 60.5 cm³/mol. The lowest BCUT2D eigenvalue weighted by molar-refractivity contribution is -0.190. The Hall–Kier alpha value is -0.0800. The summed E-state index contributed by atoms with van der Waals surface area (Å²) in [5.41, 5.74) is -0.152. The Kier molecular flexibility index (Phi) is 4.17. The van der Waals surface area contributed by atoms with Crippen LogP contribution >= 0.6 is 0 Å². The van der Waals surface area contributed by atoms with Gasteiger partial charge in [0.2, 0.25) is 0 Å². The second kappa shape index (κ2) is 4.19. The summed E-state index contributed by atoms with van der Waals surface area (Å²) in [6.07, 6.45) is 0. The van der Waals surface area contributed by atoms with Crippen molar-refractivity contribution in [1.82, 2.24) is 0 Å². The van der Waals surface area contributed by atoms with Gasteiger partial charge in [-0.1, -0.05) is 41.5 Å². The number of ether oxygens (including phenoxy) is 2. The molecule has 0 aromatic rings. The average molecular weight is 202 g/mol. The van der Waals surface area contributed by atoms with Crippen molar-refractivity contribution in [3.8, 4) is 0 Å². The van der Waals surface area contributed by atoms with E-state index in [2.05, 4.69) is 41.5 Å². The molecule has 0 heterocycles. The topological polar surface area (TPSA) is 18.5 Å². The SMILES string of the molecule is COCC(OC)(C(C)(C)C)C(C)(C)C. The largest absolute Gasteiger partial charge is 0.382 e. The van der Waals surface area contributed by atoms with Crippen molar-refractivity contribution in [2.45, 2.75) is 47.1 Å². The molecule has 0 atom stereocenters. The Bertz CT molecular complexity index is 158. The van der Waals surface area contributed by atoms with Crippen LogP contribution in [0, 0.1) is 10.8 Å². The van der Waals surface area contributed by atoms with Crippen LogP contribution in [0.2, 0.25) is 0 Å². The van der Waals surface area contributed by atoms with Gasteiger partial charge >= 0.3 is 0 Å². The Balaban J connectivity index is 5.21. The number of hydrogen-bond donors (Lipinski definition) is 0. The lowest BCUT2D eigenvalue weighted by Gasteiger charge is -2.51. The van der Waals surface area contributed by atoms with Gasteiger partial charge in [0.05, 0.1) is 6.61 Å². The van der Waals surface area contributed by atoms with Crippen molar-refractivity contribution in [3.63, 3.8) is 0 Å². The van der Waals surface area contributed by atoms with Gasteiger partial charge in [0, 0.05) is 14.2 Å². The highest BCUT2D eigenvalue weighted by molar-refractivity contribution is 5.00. The van der Waals surface area contributed by atoms with Crippen LogP contribution < -0.4 is 0 Å². The van der Waals surface area contributed by atoms with Crippen molar-refractivity contribution >= 4 is 0 Å². The zero-order valence-corrected chi connectivity index (χ0v) is 11.0. The Morgan fingerprint density at radius 1 is 0.786 bits per heavy atom. The van der Waals surface area contributed by atoms with Crippen molar-refractivity contribution < 1.29 is 9.47 Å². The molecular formula is C12H26O2. The molecule has 0 saturated heterocycles. The Labute approximate surface area is 89.0 Å². The number of rotatable bonds is 3. The highest BCUT2D eigenvalue weighted by atomic mass is 16.5. The molecule has 0 radical (unpaired) electrons. The first-order valence-electron chi connectivity index (χ1n) is 5.16. The van der Waals surface area contributed by atoms with E-state index in [1.54, 1.807) is 14.2 Å². The van der Waals surface area contributed by atoms with E-state index in [4.69, 9.17) is 9.47 Å². The van der Waals surface area contributed by atoms with Crippen LogP contribution in [0.3, 0.4) is 0 Å². The normalized spacial score (nSPS) is 14.6. The van der Waals surface area contributed by atoms with Crippen LogP contribution in [-0.4, -0.2) is 26.4 Å². The average Bonchev–Trinajstić information content (AvgIpc) is 1.94. The highest BCUT2D eigenvalue weighted by Crippen LogP contribution is 2.46. The predicted octanol–water partition coefficient (Wildman–Crippen LogP) is 3.11. The minimum absolute atomic E-state index is 0.0516. The van der Waals surface area contributed by atoms with E-state index in [1.165, 1.54) is 0 Å². The van der Waals surface area contributed by atoms with Crippen molar-refractivity contribution in [1.29, 1.82) is 0 Å². The van der Waals surface area contributed by atoms with Gasteiger partial charge in [0.15, 0.2) is 0 Å². The monoisotopic (exact) mass is 202 g/mol. The molecule has 0 spiro atoms. The van der Waals surface area contributed by atoms with Gasteiger partial charge in [-0.25, -0.2) is 0 Å². The molecule has 0 aliphatic heterocycles. The second-order valence-electron chi connectivity index (χ2n) is 5.96. The summed E-state index contributed by atoms with van der Waals surface area (Å²) < 4.78 is 11.1. The minimum Gasteiger partial charge on any atom is -0.382 e. The maximum absolute atomic E-state index is 5.78. The molecular weight excluding hydrogens is 176 g/mol. The molecule has 0 fully saturated rings. The summed E-state index contributed by atoms with van der Waals surface area (Å²) in [5, 5.41) is 0. The van der Waals surface area contributed by atoms with Gasteiger partial charge in [0.1, 0.15) is 5.60 Å². The third-order valence-corrected chi connectivity index (χ3v) is 3.12. The van der Waals surface area contributed by atoms with E-state index in [0.29, 0.717) is 6.61 Å². The summed E-state index contributed by atoms with van der Waals surface area (Å²) in [7, 11) is 3.50. The molecule has 2 heteroatoms. The van der Waals surface area contributed by atoms with Crippen LogP contribution in [0.1, 0.15) is 41.5 Å². The Morgan fingerprint density at radius 2 is 1.14 bits per heavy atom. The van der Waals surface area contributed by atoms with Crippen molar-refractivity contribution in [2.75, 3.05) is 20.8 Å². The lowest BCUT2D eigenvalue weighted by Crippen LogP contribution is -2.57. The van der Waals surface area contributed by atoms with Crippen molar-refractivity contribution in [2.24, 2.45) is 10.8 Å². The minimum atomic E-state index is -0.255. The van der Waals surface area contributed by atoms with Gasteiger partial charge in [-0.15, -0.1) is 0 Å². The molecule has 0 aliphatic rings. The first-order chi connectivity index (χ1) is 6.12. The van der Waals surface area contributed by atoms with Crippen molar-refractivity contribution in [3.05, 3.63) is 0 Å². The zero-order valence-electron chi connectivity index (χ0n) is 11.0. The third-order valence-electron chi connectivity index (χ3n) is 3.12. The summed E-state index contributed by atoms with van der Waals surface area (Å²) in [4.78, 5) is 0. The quantitative estimate of drug-likeness (QED) is 0.700. The van der Waals surface area contributed by atoms with E-state index in [1.807, 2.05) is 0 Å². The third kappa shape index (κ3) is 2.29. The van der Waals surface area contributed by atoms with Crippen LogP contribution in [0.25, 0.3) is 0 Å². The Morgan fingerprint density at radius 3 is 1.21 bits per heavy atom. The van der Waals surface area contributed by atoms with Crippen LogP contribution in [-0.2, 0) is 9.47 Å². The summed E-state index contributed by atoms with van der Waals surface area (Å²) >= 11 is 0. The molecule has 0 aliphatic carbocycles. The fraction of sp³-hybridized carbons (Fsp3) is 1.00. The molecule has 0 amide bonds. The van der Waals surface area contributed by atoms with E-state index in [0.717, 1.165) is 0 Å². The highest BCUT2D eigenvalue weighted by Gasteiger charge is 2.51. The molecule has 0 rings (SSSR count). The van der Waals surface area contributed by atoms with E-state index >= 15 is 0 Å². The zero-order chi connectivity index (χ0) is 11.6. The maximum Gasteiger partial charge on any atom is 0.101 e. The molecule has 0 N–H and O–H groups in total. The number of methoxy groups -OCH3 is 2. The molecule has 86 valence electrons. The molecule has 14 heavy (non-hydrogen) atoms. The molecule has 2 nitrogen and oxygen atoms in total. The fourth-order valence-corrected chi connectivity index (χ4v) is 2.43. The molecule has 0 unspecified atom stereocenters. The first kappa shape index (κ1) is 13.9. The first-order valence-corrected chi connectivity index (χ1v) is 5.16. The summed E-state index contributed by atoms with van der Waals surface area (Å²) in [5.74, 6) is 0. The summed E-state index contributed by atoms with van der Waals surface area (Å²) in [6.45, 7) is 13.8. The van der Waals surface area contributed by atoms with Crippen LogP contribution in [0.15, 0.2) is 0 Å². The molecule has 0 aromatic heterocycles. The van der Waals surface area contributed by atoms with E-state index in [-0.39, 0.29) is 16.4 Å².